The van der Waals surface area contributed by atoms with Gasteiger partial charge in [-0.3, -0.25) is 9.78 Å². The van der Waals surface area contributed by atoms with Crippen molar-refractivity contribution >= 4 is 50.1 Å². The van der Waals surface area contributed by atoms with Crippen molar-refractivity contribution in [3.63, 3.8) is 0 Å². The molecule has 0 radical (unpaired) electrons. The molecule has 3 heterocycles. The third-order valence-corrected chi connectivity index (χ3v) is 8.17. The standard InChI is InChI=1S/C20H16Cl2N2O6S/c21-11-7-13-16(25)10-20(30-18(13)14(22)8-11)3-5-24(6-4-20)31(27,28)12-1-2-15-17(9-12)29-19(26)23-15/h1-2,7-9H,3-6,10H2,(H,23,26). The zero-order valence-corrected chi connectivity index (χ0v) is 18.3. The van der Waals surface area contributed by atoms with Crippen LogP contribution in [-0.2, 0) is 10.0 Å². The minimum Gasteiger partial charge on any atom is -0.484 e. The largest absolute Gasteiger partial charge is 0.484 e. The zero-order chi connectivity index (χ0) is 22.0. The molecule has 31 heavy (non-hydrogen) atoms. The molecule has 1 spiro atoms. The van der Waals surface area contributed by atoms with Crippen molar-refractivity contribution < 1.29 is 22.4 Å². The highest BCUT2D eigenvalue weighted by molar-refractivity contribution is 7.89. The fourth-order valence-electron chi connectivity index (χ4n) is 4.16. The fraction of sp³-hybridized carbons (Fsp3) is 0.300. The zero-order valence-electron chi connectivity index (χ0n) is 16.0. The molecule has 0 saturated carbocycles. The fourth-order valence-corrected chi connectivity index (χ4v) is 6.15. The lowest BCUT2D eigenvalue weighted by Crippen LogP contribution is -2.52. The molecule has 1 aromatic heterocycles. The molecule has 0 amide bonds. The van der Waals surface area contributed by atoms with E-state index in [4.69, 9.17) is 32.4 Å². The number of carbonyl (C=O) groups excluding carboxylic acids is 1. The third-order valence-electron chi connectivity index (χ3n) is 5.77. The molecule has 1 fully saturated rings. The monoisotopic (exact) mass is 482 g/mol. The number of hydrogen-bond acceptors (Lipinski definition) is 6. The maximum Gasteiger partial charge on any atom is 0.417 e. The van der Waals surface area contributed by atoms with E-state index in [2.05, 4.69) is 4.98 Å². The van der Waals surface area contributed by atoms with Gasteiger partial charge in [-0.2, -0.15) is 4.31 Å². The molecule has 0 bridgehead atoms. The first kappa shape index (κ1) is 20.6. The van der Waals surface area contributed by atoms with Crippen molar-refractivity contribution in [2.75, 3.05) is 13.1 Å². The lowest BCUT2D eigenvalue weighted by atomic mass is 9.83. The van der Waals surface area contributed by atoms with Gasteiger partial charge >= 0.3 is 5.76 Å². The van der Waals surface area contributed by atoms with Crippen LogP contribution in [0.1, 0.15) is 29.6 Å². The quantitative estimate of drug-likeness (QED) is 0.597. The van der Waals surface area contributed by atoms with E-state index in [9.17, 15) is 18.0 Å². The molecule has 2 aliphatic heterocycles. The summed E-state index contributed by atoms with van der Waals surface area (Å²) < 4.78 is 38.7. The van der Waals surface area contributed by atoms with Crippen LogP contribution in [0.2, 0.25) is 10.0 Å². The van der Waals surface area contributed by atoms with Gasteiger partial charge in [0.1, 0.15) is 11.4 Å². The van der Waals surface area contributed by atoms with E-state index < -0.39 is 21.4 Å². The maximum atomic E-state index is 13.1. The smallest absolute Gasteiger partial charge is 0.417 e. The predicted octanol–water partition coefficient (Wildman–Crippen LogP) is 3.62. The van der Waals surface area contributed by atoms with E-state index in [1.54, 1.807) is 0 Å². The van der Waals surface area contributed by atoms with Gasteiger partial charge in [0.05, 0.1) is 27.4 Å². The first-order chi connectivity index (χ1) is 14.7. The van der Waals surface area contributed by atoms with Crippen molar-refractivity contribution in [3.8, 4) is 5.75 Å². The molecule has 5 rings (SSSR count). The number of fused-ring (bicyclic) bond motifs is 2. The van der Waals surface area contributed by atoms with Crippen LogP contribution in [0.3, 0.4) is 0 Å². The Hall–Kier alpha value is -2.33. The van der Waals surface area contributed by atoms with Crippen LogP contribution >= 0.6 is 23.2 Å². The number of sulfonamides is 1. The van der Waals surface area contributed by atoms with Gasteiger partial charge < -0.3 is 9.15 Å². The Morgan fingerprint density at radius 1 is 1.06 bits per heavy atom. The highest BCUT2D eigenvalue weighted by Crippen LogP contribution is 2.44. The molecular formula is C20H16Cl2N2O6S. The van der Waals surface area contributed by atoms with E-state index in [0.29, 0.717) is 34.7 Å². The number of nitrogens with zero attached hydrogens (tertiary/aromatic N) is 1. The minimum absolute atomic E-state index is 0.0300. The van der Waals surface area contributed by atoms with Crippen LogP contribution in [0.4, 0.5) is 0 Å². The van der Waals surface area contributed by atoms with Crippen LogP contribution in [0.25, 0.3) is 11.1 Å². The summed E-state index contributed by atoms with van der Waals surface area (Å²) in [4.78, 5) is 26.6. The molecule has 162 valence electrons. The summed E-state index contributed by atoms with van der Waals surface area (Å²) in [5.41, 5.74) is 0.127. The number of piperidine rings is 1. The number of H-pyrrole nitrogens is 1. The molecular weight excluding hydrogens is 467 g/mol. The van der Waals surface area contributed by atoms with Crippen LogP contribution in [0.5, 0.6) is 5.75 Å². The molecule has 0 aliphatic carbocycles. The Morgan fingerprint density at radius 3 is 2.55 bits per heavy atom. The normalized spacial score (nSPS) is 18.8. The average Bonchev–Trinajstić information content (AvgIpc) is 3.09. The van der Waals surface area contributed by atoms with Gasteiger partial charge in [-0.1, -0.05) is 23.2 Å². The Morgan fingerprint density at radius 2 is 1.81 bits per heavy atom. The molecule has 2 aromatic carbocycles. The molecule has 11 heteroatoms. The van der Waals surface area contributed by atoms with Gasteiger partial charge in [-0.05, 0) is 24.3 Å². The van der Waals surface area contributed by atoms with Crippen molar-refractivity contribution in [2.24, 2.45) is 0 Å². The summed E-state index contributed by atoms with van der Waals surface area (Å²) in [6, 6.07) is 7.29. The highest BCUT2D eigenvalue weighted by Gasteiger charge is 2.45. The predicted molar refractivity (Wildman–Crippen MR) is 114 cm³/mol. The number of ether oxygens (including phenoxy) is 1. The SMILES string of the molecule is O=C1CC2(CCN(S(=O)(=O)c3ccc4[nH]c(=O)oc4c3)CC2)Oc2c(Cl)cc(Cl)cc21. The molecule has 0 atom stereocenters. The number of hydrogen-bond donors (Lipinski definition) is 1. The summed E-state index contributed by atoms with van der Waals surface area (Å²) in [6.07, 6.45) is 0.792. The second-order valence-electron chi connectivity index (χ2n) is 7.73. The number of carbonyl (C=O) groups is 1. The van der Waals surface area contributed by atoms with Crippen molar-refractivity contribution in [2.45, 2.75) is 29.8 Å². The minimum atomic E-state index is -3.81. The van der Waals surface area contributed by atoms with Crippen LogP contribution in [0, 0.1) is 0 Å². The number of ketones is 1. The first-order valence-electron chi connectivity index (χ1n) is 9.51. The lowest BCUT2D eigenvalue weighted by molar-refractivity contribution is 0.00598. The summed E-state index contributed by atoms with van der Waals surface area (Å²) in [5.74, 6) is -0.481. The molecule has 3 aromatic rings. The molecule has 1 saturated heterocycles. The summed E-state index contributed by atoms with van der Waals surface area (Å²) in [5, 5.41) is 0.610. The lowest BCUT2D eigenvalue weighted by Gasteiger charge is -2.43. The van der Waals surface area contributed by atoms with Crippen molar-refractivity contribution in [3.05, 3.63) is 56.5 Å². The maximum absolute atomic E-state index is 13.1. The molecule has 8 nitrogen and oxygen atoms in total. The van der Waals surface area contributed by atoms with Crippen molar-refractivity contribution in [1.82, 2.24) is 9.29 Å². The molecule has 2 aliphatic rings. The number of aromatic amines is 1. The van der Waals surface area contributed by atoms with E-state index in [0.717, 1.165) is 0 Å². The number of rotatable bonds is 2. The van der Waals surface area contributed by atoms with Gasteiger partial charge in [0, 0.05) is 37.0 Å². The van der Waals surface area contributed by atoms with Crippen molar-refractivity contribution in [1.29, 1.82) is 0 Å². The second-order valence-corrected chi connectivity index (χ2v) is 10.5. The van der Waals surface area contributed by atoms with Gasteiger partial charge in [0.25, 0.3) is 0 Å². The number of nitrogens with one attached hydrogen (secondary N) is 1. The van der Waals surface area contributed by atoms with Gasteiger partial charge in [0.2, 0.25) is 10.0 Å². The van der Waals surface area contributed by atoms with Crippen LogP contribution < -0.4 is 10.5 Å². The van der Waals surface area contributed by atoms with E-state index in [1.165, 1.54) is 34.6 Å². The highest BCUT2D eigenvalue weighted by atomic mass is 35.5. The Kier molecular flexibility index (Phi) is 4.71. The number of halogens is 2. The summed E-state index contributed by atoms with van der Waals surface area (Å²) in [6.45, 7) is 0.344. The Labute approximate surface area is 186 Å². The number of benzene rings is 2. The van der Waals surface area contributed by atoms with Crippen LogP contribution in [-0.4, -0.2) is 42.2 Å². The van der Waals surface area contributed by atoms with E-state index >= 15 is 0 Å². The molecule has 0 unspecified atom stereocenters. The van der Waals surface area contributed by atoms with E-state index in [-0.39, 0.29) is 40.8 Å². The summed E-state index contributed by atoms with van der Waals surface area (Å²) >= 11 is 12.2. The number of aromatic nitrogens is 1. The van der Waals surface area contributed by atoms with Gasteiger partial charge in [-0.15, -0.1) is 0 Å². The first-order valence-corrected chi connectivity index (χ1v) is 11.7. The average molecular weight is 483 g/mol. The van der Waals surface area contributed by atoms with Crippen LogP contribution in [0.15, 0.2) is 44.4 Å². The van der Waals surface area contributed by atoms with E-state index in [1.807, 2.05) is 0 Å². The number of oxazole rings is 1. The van der Waals surface area contributed by atoms with Gasteiger partial charge in [-0.25, -0.2) is 13.2 Å². The molecule has 1 N–H and O–H groups in total. The topological polar surface area (TPSA) is 110 Å². The third kappa shape index (κ3) is 3.45. The van der Waals surface area contributed by atoms with Gasteiger partial charge in [0.15, 0.2) is 11.4 Å². The summed E-state index contributed by atoms with van der Waals surface area (Å²) in [7, 11) is -3.81. The Bertz CT molecular complexity index is 1390. The second kappa shape index (κ2) is 7.09. The number of Topliss-reactive ketones (excluding diaryl/α,β-unsaturated/α-hetero) is 1. The Balaban J connectivity index is 1.39.